The molecular formula is C14H8BrN5O. The van der Waals surface area contributed by atoms with Crippen molar-refractivity contribution in [2.45, 2.75) is 0 Å². The minimum atomic E-state index is 0.422. The summed E-state index contributed by atoms with van der Waals surface area (Å²) in [5.41, 5.74) is 0.569. The average Bonchev–Trinajstić information content (AvgIpc) is 2.98. The highest BCUT2D eigenvalue weighted by atomic mass is 79.9. The van der Waals surface area contributed by atoms with E-state index in [2.05, 4.69) is 42.6 Å². The number of tetrazole rings is 1. The van der Waals surface area contributed by atoms with Gasteiger partial charge >= 0.3 is 0 Å². The van der Waals surface area contributed by atoms with E-state index in [4.69, 9.17) is 4.74 Å². The van der Waals surface area contributed by atoms with Gasteiger partial charge in [0.15, 0.2) is 5.65 Å². The molecule has 2 aromatic carbocycles. The van der Waals surface area contributed by atoms with Crippen molar-refractivity contribution in [2.75, 3.05) is 0 Å². The van der Waals surface area contributed by atoms with Gasteiger partial charge in [0.05, 0.1) is 4.47 Å². The molecule has 0 saturated heterocycles. The van der Waals surface area contributed by atoms with Crippen molar-refractivity contribution in [1.82, 2.24) is 25.3 Å². The first kappa shape index (κ1) is 12.2. The van der Waals surface area contributed by atoms with Crippen molar-refractivity contribution in [1.29, 1.82) is 0 Å². The molecule has 0 aliphatic heterocycles. The highest BCUT2D eigenvalue weighted by molar-refractivity contribution is 9.10. The van der Waals surface area contributed by atoms with Gasteiger partial charge in [0, 0.05) is 6.07 Å². The normalized spacial score (nSPS) is 11.1. The molecule has 2 aromatic heterocycles. The lowest BCUT2D eigenvalue weighted by Gasteiger charge is -2.09. The average molecular weight is 342 g/mol. The molecule has 6 nitrogen and oxygen atoms in total. The summed E-state index contributed by atoms with van der Waals surface area (Å²) in [4.78, 5) is 0. The van der Waals surface area contributed by atoms with Crippen LogP contribution in [-0.4, -0.2) is 25.3 Å². The number of rotatable bonds is 2. The number of nitrogens with zero attached hydrogens (tertiary/aromatic N) is 5. The third-order valence-electron chi connectivity index (χ3n) is 3.09. The van der Waals surface area contributed by atoms with E-state index in [1.165, 1.54) is 4.63 Å². The van der Waals surface area contributed by atoms with Crippen LogP contribution >= 0.6 is 15.9 Å². The van der Waals surface area contributed by atoms with Crippen LogP contribution in [0, 0.1) is 0 Å². The lowest BCUT2D eigenvalue weighted by molar-refractivity contribution is 0.445. The molecule has 102 valence electrons. The van der Waals surface area contributed by atoms with E-state index >= 15 is 0 Å². The van der Waals surface area contributed by atoms with E-state index in [9.17, 15) is 0 Å². The quantitative estimate of drug-likeness (QED) is 0.560. The topological polar surface area (TPSA) is 65.2 Å². The Labute approximate surface area is 127 Å². The van der Waals surface area contributed by atoms with Crippen molar-refractivity contribution in [3.63, 3.8) is 0 Å². The van der Waals surface area contributed by atoms with Crippen LogP contribution in [0.4, 0.5) is 0 Å². The summed E-state index contributed by atoms with van der Waals surface area (Å²) >= 11 is 3.58. The summed E-state index contributed by atoms with van der Waals surface area (Å²) in [6.07, 6.45) is 0. The summed E-state index contributed by atoms with van der Waals surface area (Å²) in [6, 6.07) is 15.5. The zero-order valence-corrected chi connectivity index (χ0v) is 12.2. The highest BCUT2D eigenvalue weighted by Crippen LogP contribution is 2.35. The van der Waals surface area contributed by atoms with E-state index < -0.39 is 0 Å². The van der Waals surface area contributed by atoms with Crippen LogP contribution < -0.4 is 4.74 Å². The molecule has 0 spiro atoms. The van der Waals surface area contributed by atoms with Gasteiger partial charge in [-0.1, -0.05) is 30.3 Å². The van der Waals surface area contributed by atoms with Crippen LogP contribution in [0.25, 0.3) is 16.4 Å². The lowest BCUT2D eigenvalue weighted by atomic mass is 10.1. The van der Waals surface area contributed by atoms with Crippen LogP contribution in [-0.2, 0) is 0 Å². The molecule has 0 aliphatic carbocycles. The van der Waals surface area contributed by atoms with Crippen molar-refractivity contribution < 1.29 is 4.74 Å². The smallest absolute Gasteiger partial charge is 0.239 e. The molecule has 0 N–H and O–H groups in total. The van der Waals surface area contributed by atoms with Crippen LogP contribution in [0.3, 0.4) is 0 Å². The molecular weight excluding hydrogens is 334 g/mol. The molecule has 0 unspecified atom stereocenters. The molecule has 4 aromatic rings. The number of hydrogen-bond acceptors (Lipinski definition) is 5. The largest absolute Gasteiger partial charge is 0.436 e. The number of ether oxygens (including phenoxy) is 1. The van der Waals surface area contributed by atoms with Crippen LogP contribution in [0.15, 0.2) is 53.0 Å². The second-order valence-electron chi connectivity index (χ2n) is 4.40. The Morgan fingerprint density at radius 2 is 1.90 bits per heavy atom. The van der Waals surface area contributed by atoms with Crippen LogP contribution in [0.1, 0.15) is 0 Å². The molecule has 0 atom stereocenters. The number of benzene rings is 2. The Bertz CT molecular complexity index is 952. The van der Waals surface area contributed by atoms with E-state index in [-0.39, 0.29) is 0 Å². The van der Waals surface area contributed by atoms with Crippen LogP contribution in [0.2, 0.25) is 0 Å². The van der Waals surface area contributed by atoms with Gasteiger partial charge in [-0.15, -0.1) is 14.8 Å². The van der Waals surface area contributed by atoms with E-state index in [0.717, 1.165) is 15.2 Å². The summed E-state index contributed by atoms with van der Waals surface area (Å²) in [6.45, 7) is 0. The number of aromatic nitrogens is 5. The minimum absolute atomic E-state index is 0.422. The fourth-order valence-corrected chi connectivity index (χ4v) is 2.67. The van der Waals surface area contributed by atoms with E-state index in [1.807, 2.05) is 30.3 Å². The summed E-state index contributed by atoms with van der Waals surface area (Å²) in [5, 5.41) is 17.5. The number of hydrogen-bond donors (Lipinski definition) is 0. The molecule has 0 saturated carbocycles. The fourth-order valence-electron chi connectivity index (χ4n) is 2.09. The molecule has 2 heterocycles. The summed E-state index contributed by atoms with van der Waals surface area (Å²) in [5.74, 6) is 1.11. The lowest BCUT2D eigenvalue weighted by Crippen LogP contribution is -1.97. The zero-order valence-electron chi connectivity index (χ0n) is 10.6. The van der Waals surface area contributed by atoms with Crippen molar-refractivity contribution in [2.24, 2.45) is 0 Å². The van der Waals surface area contributed by atoms with Gasteiger partial charge in [-0.3, -0.25) is 0 Å². The number of halogens is 1. The Kier molecular flexibility index (Phi) is 2.78. The first-order valence-electron chi connectivity index (χ1n) is 6.22. The Balaban J connectivity index is 1.77. The van der Waals surface area contributed by atoms with Gasteiger partial charge in [0.25, 0.3) is 0 Å². The van der Waals surface area contributed by atoms with E-state index in [1.54, 1.807) is 12.1 Å². The summed E-state index contributed by atoms with van der Waals surface area (Å²) in [7, 11) is 0. The second kappa shape index (κ2) is 4.78. The molecule has 21 heavy (non-hydrogen) atoms. The first-order chi connectivity index (χ1) is 10.3. The second-order valence-corrected chi connectivity index (χ2v) is 5.19. The van der Waals surface area contributed by atoms with Gasteiger partial charge in [-0.2, -0.15) is 0 Å². The summed E-state index contributed by atoms with van der Waals surface area (Å²) < 4.78 is 8.03. The zero-order chi connectivity index (χ0) is 14.2. The minimum Gasteiger partial charge on any atom is -0.436 e. The standard InChI is InChI=1S/C14H8BrN5O/c15-14-10-4-2-1-3-9(10)5-6-11(14)21-13-8-7-12-16-18-19-20(12)17-13/h1-8H. The molecule has 0 amide bonds. The maximum absolute atomic E-state index is 5.82. The van der Waals surface area contributed by atoms with Gasteiger partial charge in [0.2, 0.25) is 5.88 Å². The molecule has 4 rings (SSSR count). The van der Waals surface area contributed by atoms with Gasteiger partial charge in [-0.05, 0) is 49.3 Å². The Hall–Kier alpha value is -2.54. The maximum Gasteiger partial charge on any atom is 0.239 e. The fraction of sp³-hybridized carbons (Fsp3) is 0. The SMILES string of the molecule is Brc1c(Oc2ccc3nnnn3n2)ccc2ccccc12. The maximum atomic E-state index is 5.82. The molecule has 0 bridgehead atoms. The predicted octanol–water partition coefficient (Wildman–Crippen LogP) is 3.23. The third kappa shape index (κ3) is 2.11. The number of fused-ring (bicyclic) bond motifs is 2. The van der Waals surface area contributed by atoms with E-state index in [0.29, 0.717) is 17.3 Å². The van der Waals surface area contributed by atoms with Crippen molar-refractivity contribution in [3.05, 3.63) is 53.0 Å². The van der Waals surface area contributed by atoms with Crippen LogP contribution in [0.5, 0.6) is 11.6 Å². The van der Waals surface area contributed by atoms with Crippen molar-refractivity contribution in [3.8, 4) is 11.6 Å². The third-order valence-corrected chi connectivity index (χ3v) is 3.91. The Morgan fingerprint density at radius 1 is 1.00 bits per heavy atom. The molecule has 0 radical (unpaired) electrons. The Morgan fingerprint density at radius 3 is 2.86 bits per heavy atom. The molecule has 0 fully saturated rings. The monoisotopic (exact) mass is 341 g/mol. The van der Waals surface area contributed by atoms with Crippen molar-refractivity contribution >= 4 is 32.3 Å². The van der Waals surface area contributed by atoms with Gasteiger partial charge < -0.3 is 4.74 Å². The highest BCUT2D eigenvalue weighted by Gasteiger charge is 2.09. The molecule has 0 aliphatic rings. The van der Waals surface area contributed by atoms with Gasteiger partial charge in [0.1, 0.15) is 5.75 Å². The van der Waals surface area contributed by atoms with Gasteiger partial charge in [-0.25, -0.2) is 0 Å². The first-order valence-corrected chi connectivity index (χ1v) is 7.01. The molecule has 7 heteroatoms. The predicted molar refractivity (Wildman–Crippen MR) is 80.3 cm³/mol.